The number of aromatic nitrogens is 1. The van der Waals surface area contributed by atoms with E-state index in [0.717, 1.165) is 11.4 Å². The summed E-state index contributed by atoms with van der Waals surface area (Å²) in [6, 6.07) is 8.46. The molecule has 104 valence electrons. The number of rotatable bonds is 3. The lowest BCUT2D eigenvalue weighted by Gasteiger charge is -2.20. The lowest BCUT2D eigenvalue weighted by Crippen LogP contribution is -2.18. The summed E-state index contributed by atoms with van der Waals surface area (Å²) in [7, 11) is 0. The monoisotopic (exact) mass is 281 g/mol. The minimum atomic E-state index is -0.623. The second-order valence-electron chi connectivity index (χ2n) is 4.48. The number of ketones is 1. The lowest BCUT2D eigenvalue weighted by atomic mass is 10.1. The Morgan fingerprint density at radius 3 is 2.57 bits per heavy atom. The number of anilines is 2. The molecule has 0 unspecified atom stereocenters. The van der Waals surface area contributed by atoms with Crippen molar-refractivity contribution in [2.75, 3.05) is 10.6 Å². The molecule has 0 radical (unpaired) electrons. The molecule has 1 aliphatic rings. The minimum absolute atomic E-state index is 0.0641. The fourth-order valence-electron chi connectivity index (χ4n) is 2.03. The summed E-state index contributed by atoms with van der Waals surface area (Å²) in [5, 5.41) is 5.86. The highest BCUT2D eigenvalue weighted by molar-refractivity contribution is 6.34. The van der Waals surface area contributed by atoms with Crippen molar-refractivity contribution in [3.63, 3.8) is 0 Å². The molecular weight excluding hydrogens is 270 g/mol. The average molecular weight is 281 g/mol. The summed E-state index contributed by atoms with van der Waals surface area (Å²) in [6.07, 6.45) is 5.04. The summed E-state index contributed by atoms with van der Waals surface area (Å²) in [5.74, 6) is -0.623. The van der Waals surface area contributed by atoms with Gasteiger partial charge in [-0.2, -0.15) is 0 Å². The van der Waals surface area contributed by atoms with Crippen LogP contribution in [0.4, 0.5) is 11.4 Å². The van der Waals surface area contributed by atoms with Crippen molar-refractivity contribution in [3.8, 4) is 5.69 Å². The molecule has 2 N–H and O–H groups in total. The van der Waals surface area contributed by atoms with Gasteiger partial charge in [0, 0.05) is 36.4 Å². The van der Waals surface area contributed by atoms with Crippen LogP contribution in [0.5, 0.6) is 0 Å². The van der Waals surface area contributed by atoms with Crippen molar-refractivity contribution in [1.29, 1.82) is 0 Å². The van der Waals surface area contributed by atoms with E-state index in [2.05, 4.69) is 10.6 Å². The Morgan fingerprint density at radius 2 is 1.86 bits per heavy atom. The highest BCUT2D eigenvalue weighted by Crippen LogP contribution is 2.29. The molecule has 1 aromatic carbocycles. The van der Waals surface area contributed by atoms with Gasteiger partial charge >= 0.3 is 0 Å². The molecule has 0 saturated carbocycles. The molecule has 2 heterocycles. The Labute approximate surface area is 119 Å². The molecule has 2 aromatic rings. The molecule has 0 atom stereocenters. The molecule has 0 spiro atoms. The first-order valence-electron chi connectivity index (χ1n) is 6.23. The summed E-state index contributed by atoms with van der Waals surface area (Å²) in [4.78, 5) is 33.1. The highest BCUT2D eigenvalue weighted by atomic mass is 16.2. The van der Waals surface area contributed by atoms with Crippen LogP contribution in [0.2, 0.25) is 0 Å². The van der Waals surface area contributed by atoms with Gasteiger partial charge in [0.15, 0.2) is 11.7 Å². The third kappa shape index (κ3) is 2.46. The second-order valence-corrected chi connectivity index (χ2v) is 4.48. The molecule has 0 aliphatic carbocycles. The number of hydrogen-bond acceptors (Lipinski definition) is 5. The number of nitrogens with zero attached hydrogens (tertiary/aromatic N) is 1. The van der Waals surface area contributed by atoms with Crippen molar-refractivity contribution in [3.05, 3.63) is 64.8 Å². The van der Waals surface area contributed by atoms with Gasteiger partial charge in [-0.25, -0.2) is 0 Å². The molecule has 3 rings (SSSR count). The number of Topliss-reactive ketones (excluding diaryl/α,β-unsaturated/α-hetero) is 1. The van der Waals surface area contributed by atoms with E-state index in [0.29, 0.717) is 5.69 Å². The Bertz CT molecular complexity index is 801. The topological polar surface area (TPSA) is 80.2 Å². The van der Waals surface area contributed by atoms with E-state index < -0.39 is 5.78 Å². The van der Waals surface area contributed by atoms with Gasteiger partial charge in [-0.05, 0) is 18.2 Å². The van der Waals surface area contributed by atoms with Gasteiger partial charge in [0.25, 0.3) is 0 Å². The molecule has 0 amide bonds. The number of nitrogens with one attached hydrogen (secondary N) is 2. The Hall–Kier alpha value is -3.15. The van der Waals surface area contributed by atoms with E-state index in [1.165, 1.54) is 18.3 Å². The molecule has 0 fully saturated rings. The fraction of sp³-hybridized carbons (Fsp3) is 0. The number of pyridine rings is 1. The normalized spacial score (nSPS) is 12.5. The Morgan fingerprint density at radius 1 is 1.10 bits per heavy atom. The standard InChI is InChI=1S/C15H11N3O3/c19-9-15(21)14-8-16-12-2-1-10(7-13(12)17-14)18-5-3-11(20)4-6-18/h1-9,16-17H. The summed E-state index contributed by atoms with van der Waals surface area (Å²) >= 11 is 0. The van der Waals surface area contributed by atoms with Crippen LogP contribution in [-0.2, 0) is 9.59 Å². The van der Waals surface area contributed by atoms with Crippen LogP contribution in [-0.4, -0.2) is 16.6 Å². The average Bonchev–Trinajstić information content (AvgIpc) is 2.53. The van der Waals surface area contributed by atoms with Gasteiger partial charge in [0.05, 0.1) is 11.4 Å². The van der Waals surface area contributed by atoms with Crippen LogP contribution in [0.1, 0.15) is 0 Å². The molecule has 6 nitrogen and oxygen atoms in total. The van der Waals surface area contributed by atoms with E-state index in [-0.39, 0.29) is 17.4 Å². The number of aldehydes is 1. The van der Waals surface area contributed by atoms with Crippen LogP contribution in [0.3, 0.4) is 0 Å². The maximum Gasteiger partial charge on any atom is 0.242 e. The molecule has 0 saturated heterocycles. The van der Waals surface area contributed by atoms with E-state index in [4.69, 9.17) is 0 Å². The number of carbonyl (C=O) groups excluding carboxylic acids is 2. The van der Waals surface area contributed by atoms with Gasteiger partial charge in [-0.15, -0.1) is 0 Å². The van der Waals surface area contributed by atoms with Gasteiger partial charge in [-0.3, -0.25) is 14.4 Å². The zero-order chi connectivity index (χ0) is 14.8. The third-order valence-corrected chi connectivity index (χ3v) is 3.11. The summed E-state index contributed by atoms with van der Waals surface area (Å²) in [5.41, 5.74) is 2.42. The smallest absolute Gasteiger partial charge is 0.242 e. The molecule has 6 heteroatoms. The zero-order valence-electron chi connectivity index (χ0n) is 10.9. The molecule has 0 bridgehead atoms. The first kappa shape index (κ1) is 12.9. The zero-order valence-corrected chi connectivity index (χ0v) is 10.9. The number of benzene rings is 1. The number of hydrogen-bond donors (Lipinski definition) is 2. The van der Waals surface area contributed by atoms with E-state index >= 15 is 0 Å². The lowest BCUT2D eigenvalue weighted by molar-refractivity contribution is -0.127. The van der Waals surface area contributed by atoms with Crippen molar-refractivity contribution >= 4 is 23.4 Å². The quantitative estimate of drug-likeness (QED) is 0.654. The van der Waals surface area contributed by atoms with Gasteiger partial charge in [0.2, 0.25) is 5.78 Å². The van der Waals surface area contributed by atoms with Crippen LogP contribution in [0.15, 0.2) is 59.4 Å². The van der Waals surface area contributed by atoms with Gasteiger partial charge < -0.3 is 15.2 Å². The maximum absolute atomic E-state index is 11.4. The summed E-state index contributed by atoms with van der Waals surface area (Å²) in [6.45, 7) is 0. The predicted octanol–water partition coefficient (Wildman–Crippen LogP) is 1.28. The fourth-order valence-corrected chi connectivity index (χ4v) is 2.03. The van der Waals surface area contributed by atoms with Crippen LogP contribution in [0.25, 0.3) is 5.69 Å². The molecule has 1 aromatic heterocycles. The van der Waals surface area contributed by atoms with Gasteiger partial charge in [-0.1, -0.05) is 0 Å². The van der Waals surface area contributed by atoms with Crippen molar-refractivity contribution < 1.29 is 9.59 Å². The summed E-state index contributed by atoms with van der Waals surface area (Å²) < 4.78 is 1.78. The number of carbonyl (C=O) groups is 2. The van der Waals surface area contributed by atoms with Crippen LogP contribution in [0, 0.1) is 0 Å². The molecule has 21 heavy (non-hydrogen) atoms. The van der Waals surface area contributed by atoms with E-state index in [1.807, 2.05) is 18.2 Å². The molecular formula is C15H11N3O3. The van der Waals surface area contributed by atoms with Crippen LogP contribution >= 0.6 is 0 Å². The number of fused-ring (bicyclic) bond motifs is 1. The first-order valence-corrected chi connectivity index (χ1v) is 6.23. The predicted molar refractivity (Wildman–Crippen MR) is 78.4 cm³/mol. The first-order chi connectivity index (χ1) is 10.2. The van der Waals surface area contributed by atoms with Gasteiger partial charge in [0.1, 0.15) is 5.70 Å². The van der Waals surface area contributed by atoms with Crippen molar-refractivity contribution in [1.82, 2.24) is 4.57 Å². The van der Waals surface area contributed by atoms with Crippen molar-refractivity contribution in [2.45, 2.75) is 0 Å². The van der Waals surface area contributed by atoms with E-state index in [9.17, 15) is 14.4 Å². The minimum Gasteiger partial charge on any atom is -0.358 e. The number of allylic oxidation sites excluding steroid dienone is 1. The second kappa shape index (κ2) is 5.09. The third-order valence-electron chi connectivity index (χ3n) is 3.11. The van der Waals surface area contributed by atoms with Crippen LogP contribution < -0.4 is 16.1 Å². The highest BCUT2D eigenvalue weighted by Gasteiger charge is 2.15. The largest absolute Gasteiger partial charge is 0.358 e. The van der Waals surface area contributed by atoms with E-state index in [1.54, 1.807) is 17.0 Å². The Kier molecular flexibility index (Phi) is 3.12. The Balaban J connectivity index is 1.96. The SMILES string of the molecule is O=CC(=O)C1=CNc2ccc(-n3ccc(=O)cc3)cc2N1. The molecule has 1 aliphatic heterocycles. The van der Waals surface area contributed by atoms with Crippen molar-refractivity contribution in [2.24, 2.45) is 0 Å². The maximum atomic E-state index is 11.4.